The lowest BCUT2D eigenvalue weighted by molar-refractivity contribution is -0.122. The molecule has 18 heteroatoms. The molecule has 4 aromatic heterocycles. The molecule has 330 valence electrons. The molecule has 0 fully saturated rings. The maximum absolute atomic E-state index is 12.9. The van der Waals surface area contributed by atoms with Crippen LogP contribution in [0.2, 0.25) is 0 Å². The van der Waals surface area contributed by atoms with Crippen LogP contribution in [-0.4, -0.2) is 47.8 Å². The van der Waals surface area contributed by atoms with Crippen molar-refractivity contribution in [1.82, 2.24) is 29.7 Å². The fraction of sp³-hybridized carbons (Fsp3) is 0.244. The minimum absolute atomic E-state index is 0.0399. The molecule has 2 aromatic carbocycles. The van der Waals surface area contributed by atoms with Crippen LogP contribution >= 0.6 is 0 Å². The summed E-state index contributed by atoms with van der Waals surface area (Å²) in [5.74, 6) is -1.07. The van der Waals surface area contributed by atoms with Crippen LogP contribution in [0.4, 0.5) is 11.4 Å². The average molecular weight is 895 g/mol. The van der Waals surface area contributed by atoms with Crippen LogP contribution < -0.4 is 33.2 Å². The van der Waals surface area contributed by atoms with Crippen LogP contribution in [0.1, 0.15) is 50.9 Å². The molecule has 0 radical (unpaired) electrons. The lowest BCUT2D eigenvalue weighted by Crippen LogP contribution is -2.35. The predicted octanol–water partition coefficient (Wildman–Crippen LogP) is 3.94. The number of pyridine rings is 4. The molecule has 2 amide bonds. The van der Waals surface area contributed by atoms with Crippen molar-refractivity contribution in [3.63, 3.8) is 0 Å². The summed E-state index contributed by atoms with van der Waals surface area (Å²) in [4.78, 5) is 58.7. The van der Waals surface area contributed by atoms with E-state index in [4.69, 9.17) is 11.5 Å². The Labute approximate surface area is 365 Å². The summed E-state index contributed by atoms with van der Waals surface area (Å²) in [6, 6.07) is 26.6. The molecule has 0 bridgehead atoms. The molecule has 16 nitrogen and oxygen atoms in total. The number of aromatic nitrogens is 4. The average Bonchev–Trinajstić information content (AvgIpc) is 3.23. The molecule has 4 heterocycles. The van der Waals surface area contributed by atoms with Crippen LogP contribution in [0.3, 0.4) is 0 Å². The summed E-state index contributed by atoms with van der Waals surface area (Å²) in [5.41, 5.74) is 16.0. The van der Waals surface area contributed by atoms with Gasteiger partial charge in [0.25, 0.3) is 11.1 Å². The first-order valence-corrected chi connectivity index (χ1v) is 22.8. The molecule has 6 N–H and O–H groups in total. The largest absolute Gasteiger partial charge is 0.393 e. The first-order valence-electron chi connectivity index (χ1n) is 19.7. The second-order valence-corrected chi connectivity index (χ2v) is 18.8. The summed E-state index contributed by atoms with van der Waals surface area (Å²) >= 11 is 0. The Balaban J connectivity index is 0.000000238. The molecule has 0 aliphatic rings. The first-order chi connectivity index (χ1) is 29.7. The highest BCUT2D eigenvalue weighted by molar-refractivity contribution is 7.91. The van der Waals surface area contributed by atoms with E-state index < -0.39 is 54.0 Å². The topological polar surface area (TPSA) is 248 Å². The predicted molar refractivity (Wildman–Crippen MR) is 240 cm³/mol. The number of nitrogens with zero attached hydrogens (tertiary/aromatic N) is 4. The molecule has 6 aromatic rings. The van der Waals surface area contributed by atoms with Crippen molar-refractivity contribution in [1.29, 1.82) is 0 Å². The maximum atomic E-state index is 12.9. The molecule has 0 aliphatic carbocycles. The third-order valence-corrected chi connectivity index (χ3v) is 13.6. The van der Waals surface area contributed by atoms with E-state index >= 15 is 0 Å². The second-order valence-electron chi connectivity index (χ2n) is 14.9. The number of carbonyl (C=O) groups is 2. The Morgan fingerprint density at radius 3 is 1.44 bits per heavy atom. The van der Waals surface area contributed by atoms with Crippen molar-refractivity contribution in [2.24, 2.45) is 0 Å². The Morgan fingerprint density at radius 1 is 0.587 bits per heavy atom. The SMILES string of the molecule is Cc1ccc(CNC(=O)Cn2c(C)cc(S(=O)(=O)Cc3ccccc3)c(N)c2=O)c(C)n1.Cc1ccc(CNC(=O)Cn2c(C)cc(S(=O)(=O)c3ccccc3)c(N)c2=O)c(C)n1. The van der Waals surface area contributed by atoms with Crippen molar-refractivity contribution in [3.8, 4) is 0 Å². The Kier molecular flexibility index (Phi) is 14.9. The lowest BCUT2D eigenvalue weighted by atomic mass is 10.2. The number of amides is 2. The van der Waals surface area contributed by atoms with Gasteiger partial charge in [-0.1, -0.05) is 60.7 Å². The number of rotatable bonds is 13. The monoisotopic (exact) mass is 894 g/mol. The van der Waals surface area contributed by atoms with E-state index in [2.05, 4.69) is 20.6 Å². The lowest BCUT2D eigenvalue weighted by Gasteiger charge is -2.15. The van der Waals surface area contributed by atoms with E-state index in [1.807, 2.05) is 52.0 Å². The van der Waals surface area contributed by atoms with Crippen molar-refractivity contribution in [2.75, 3.05) is 11.5 Å². The number of benzene rings is 2. The smallest absolute Gasteiger partial charge is 0.275 e. The molecule has 0 spiro atoms. The van der Waals surface area contributed by atoms with Gasteiger partial charge >= 0.3 is 0 Å². The maximum Gasteiger partial charge on any atom is 0.275 e. The van der Waals surface area contributed by atoms with Gasteiger partial charge in [-0.05, 0) is 94.6 Å². The number of nitrogens with one attached hydrogen (secondary N) is 2. The molecule has 63 heavy (non-hydrogen) atoms. The van der Waals surface area contributed by atoms with Crippen LogP contribution in [0.15, 0.2) is 121 Å². The zero-order chi connectivity index (χ0) is 46.2. The quantitative estimate of drug-likeness (QED) is 0.129. The first kappa shape index (κ1) is 47.1. The molecule has 0 atom stereocenters. The molecule has 0 saturated carbocycles. The van der Waals surface area contributed by atoms with Crippen LogP contribution in [0.25, 0.3) is 0 Å². The number of nitrogens with two attached hydrogens (primary N) is 2. The van der Waals surface area contributed by atoms with E-state index in [0.29, 0.717) is 17.0 Å². The van der Waals surface area contributed by atoms with Gasteiger partial charge in [0, 0.05) is 47.3 Å². The molecule has 6 rings (SSSR count). The number of anilines is 2. The van der Waals surface area contributed by atoms with E-state index in [1.165, 1.54) is 28.8 Å². The fourth-order valence-corrected chi connectivity index (χ4v) is 9.61. The van der Waals surface area contributed by atoms with Gasteiger partial charge in [0.15, 0.2) is 9.84 Å². The highest BCUT2D eigenvalue weighted by atomic mass is 32.2. The zero-order valence-corrected chi connectivity index (χ0v) is 37.4. The fourth-order valence-electron chi connectivity index (χ4n) is 6.57. The summed E-state index contributed by atoms with van der Waals surface area (Å²) in [7, 11) is -7.79. The van der Waals surface area contributed by atoms with Gasteiger partial charge in [-0.2, -0.15) is 0 Å². The van der Waals surface area contributed by atoms with Crippen molar-refractivity contribution < 1.29 is 26.4 Å². The van der Waals surface area contributed by atoms with Gasteiger partial charge in [-0.3, -0.25) is 29.1 Å². The van der Waals surface area contributed by atoms with Gasteiger partial charge < -0.3 is 31.2 Å². The minimum atomic E-state index is -3.96. The van der Waals surface area contributed by atoms with Gasteiger partial charge in [0.2, 0.25) is 21.7 Å². The van der Waals surface area contributed by atoms with Crippen molar-refractivity contribution in [2.45, 2.75) is 88.2 Å². The molecular formula is C45H50N8O8S2. The molecule has 0 saturated heterocycles. The third kappa shape index (κ3) is 11.5. The molecule has 0 aliphatic heterocycles. The Hall–Kier alpha value is -6.92. The van der Waals surface area contributed by atoms with Gasteiger partial charge in [0.1, 0.15) is 29.4 Å². The summed E-state index contributed by atoms with van der Waals surface area (Å²) in [6.45, 7) is 10.6. The number of hydrogen-bond donors (Lipinski definition) is 4. The molecular weight excluding hydrogens is 845 g/mol. The second kappa shape index (κ2) is 19.9. The Morgan fingerprint density at radius 2 is 1.00 bits per heavy atom. The standard InChI is InChI=1S/C23H26N4O4S.C22H24N4O4S/c1-15-9-10-19(17(3)26-15)12-25-21(28)13-27-16(2)11-20(22(24)23(27)29)32(30,31)14-18-7-5-4-6-8-18;1-14-9-10-17(16(3)25-14)12-24-20(27)13-26-15(2)11-19(21(23)22(26)28)31(29,30)18-7-5-4-6-8-18/h4-11H,12-14,24H2,1-3H3,(H,25,28);4-11H,12-13,23H2,1-3H3,(H,24,27). The zero-order valence-electron chi connectivity index (χ0n) is 35.8. The van der Waals surface area contributed by atoms with E-state index in [1.54, 1.807) is 62.4 Å². The van der Waals surface area contributed by atoms with Crippen LogP contribution in [0.5, 0.6) is 0 Å². The number of hydrogen-bond acceptors (Lipinski definition) is 12. The van der Waals surface area contributed by atoms with Gasteiger partial charge in [0.05, 0.1) is 15.5 Å². The van der Waals surface area contributed by atoms with Gasteiger partial charge in [-0.25, -0.2) is 16.8 Å². The number of aryl methyl sites for hydroxylation is 6. The van der Waals surface area contributed by atoms with E-state index in [-0.39, 0.29) is 46.6 Å². The summed E-state index contributed by atoms with van der Waals surface area (Å²) in [6.07, 6.45) is 0. The number of sulfone groups is 2. The molecule has 0 unspecified atom stereocenters. The summed E-state index contributed by atoms with van der Waals surface area (Å²) < 4.78 is 53.8. The Bertz CT molecular complexity index is 3030. The normalized spacial score (nSPS) is 11.3. The minimum Gasteiger partial charge on any atom is -0.393 e. The highest BCUT2D eigenvalue weighted by Crippen LogP contribution is 2.25. The van der Waals surface area contributed by atoms with Crippen molar-refractivity contribution in [3.05, 3.63) is 169 Å². The van der Waals surface area contributed by atoms with E-state index in [0.717, 1.165) is 38.5 Å². The number of nitrogen functional groups attached to an aromatic ring is 2. The van der Waals surface area contributed by atoms with Crippen molar-refractivity contribution >= 4 is 42.9 Å². The summed E-state index contributed by atoms with van der Waals surface area (Å²) in [5, 5.41) is 5.52. The third-order valence-electron chi connectivity index (χ3n) is 10.1. The van der Waals surface area contributed by atoms with E-state index in [9.17, 15) is 36.0 Å². The van der Waals surface area contributed by atoms with Crippen LogP contribution in [0, 0.1) is 41.5 Å². The van der Waals surface area contributed by atoms with Crippen LogP contribution in [-0.2, 0) is 61.2 Å². The van der Waals surface area contributed by atoms with Gasteiger partial charge in [-0.15, -0.1) is 0 Å². The number of carbonyl (C=O) groups excluding carboxylic acids is 2. The highest BCUT2D eigenvalue weighted by Gasteiger charge is 2.25.